The topological polar surface area (TPSA) is 100 Å². The Morgan fingerprint density at radius 1 is 1.40 bits per heavy atom. The Morgan fingerprint density at radius 2 is 2.20 bits per heavy atom. The molecule has 30 heavy (non-hydrogen) atoms. The standard InChI is InChI=1S/C21H24FN7O/c1-4-14(10-24-2)26-21-13(9-23)7-15(22)20(27-21)16-11-25-18-8-17(30-3)19(12-5-6-12)28-29(16)18/h7-8,11-12,14,24H,4-6,10H2,1-3H3,(H,26,27). The number of nitriles is 1. The van der Waals surface area contributed by atoms with Gasteiger partial charge in [0.05, 0.1) is 18.9 Å². The van der Waals surface area contributed by atoms with Crippen molar-refractivity contribution < 1.29 is 9.13 Å². The van der Waals surface area contributed by atoms with E-state index >= 15 is 0 Å². The van der Waals surface area contributed by atoms with Gasteiger partial charge in [-0.15, -0.1) is 0 Å². The quantitative estimate of drug-likeness (QED) is 0.590. The van der Waals surface area contributed by atoms with E-state index in [4.69, 9.17) is 9.84 Å². The average molecular weight is 409 g/mol. The molecule has 1 aliphatic rings. The van der Waals surface area contributed by atoms with Gasteiger partial charge in [0.15, 0.2) is 11.5 Å². The van der Waals surface area contributed by atoms with Gasteiger partial charge in [0.2, 0.25) is 0 Å². The first-order valence-corrected chi connectivity index (χ1v) is 10.0. The first-order chi connectivity index (χ1) is 14.6. The van der Waals surface area contributed by atoms with Gasteiger partial charge in [-0.1, -0.05) is 6.92 Å². The predicted octanol–water partition coefficient (Wildman–Crippen LogP) is 3.10. The lowest BCUT2D eigenvalue weighted by Crippen LogP contribution is -2.31. The molecule has 3 heterocycles. The number of rotatable bonds is 8. The molecule has 3 aromatic heterocycles. The fourth-order valence-electron chi connectivity index (χ4n) is 3.48. The summed E-state index contributed by atoms with van der Waals surface area (Å²) in [6.07, 6.45) is 4.48. The number of hydrogen-bond donors (Lipinski definition) is 2. The predicted molar refractivity (Wildman–Crippen MR) is 111 cm³/mol. The van der Waals surface area contributed by atoms with Crippen LogP contribution in [0.2, 0.25) is 0 Å². The third kappa shape index (κ3) is 3.66. The van der Waals surface area contributed by atoms with Crippen LogP contribution in [0.5, 0.6) is 5.75 Å². The highest BCUT2D eigenvalue weighted by atomic mass is 19.1. The normalized spacial score (nSPS) is 14.5. The van der Waals surface area contributed by atoms with Crippen LogP contribution in [0.4, 0.5) is 10.2 Å². The number of likely N-dealkylation sites (N-methyl/N-ethyl adjacent to an activating group) is 1. The van der Waals surface area contributed by atoms with Crippen molar-refractivity contribution in [1.82, 2.24) is 24.9 Å². The number of fused-ring (bicyclic) bond motifs is 1. The molecule has 3 aromatic rings. The van der Waals surface area contributed by atoms with Gasteiger partial charge in [-0.25, -0.2) is 18.9 Å². The number of pyridine rings is 1. The van der Waals surface area contributed by atoms with E-state index in [1.54, 1.807) is 17.8 Å². The maximum atomic E-state index is 14.9. The van der Waals surface area contributed by atoms with E-state index in [1.807, 2.05) is 26.1 Å². The molecule has 0 saturated heterocycles. The lowest BCUT2D eigenvalue weighted by molar-refractivity contribution is 0.405. The number of anilines is 1. The van der Waals surface area contributed by atoms with Crippen molar-refractivity contribution in [2.45, 2.75) is 38.1 Å². The molecule has 0 radical (unpaired) electrons. The monoisotopic (exact) mass is 409 g/mol. The molecule has 8 nitrogen and oxygen atoms in total. The molecule has 0 amide bonds. The van der Waals surface area contributed by atoms with E-state index in [0.29, 0.717) is 35.4 Å². The number of methoxy groups -OCH3 is 1. The van der Waals surface area contributed by atoms with Crippen LogP contribution >= 0.6 is 0 Å². The zero-order valence-electron chi connectivity index (χ0n) is 17.2. The molecule has 1 aliphatic carbocycles. The molecule has 0 aliphatic heterocycles. The van der Waals surface area contributed by atoms with Gasteiger partial charge in [0.25, 0.3) is 0 Å². The minimum Gasteiger partial charge on any atom is -0.495 e. The van der Waals surface area contributed by atoms with E-state index in [2.05, 4.69) is 20.6 Å². The second-order valence-electron chi connectivity index (χ2n) is 7.42. The zero-order valence-corrected chi connectivity index (χ0v) is 17.2. The van der Waals surface area contributed by atoms with E-state index in [9.17, 15) is 9.65 Å². The molecule has 2 N–H and O–H groups in total. The van der Waals surface area contributed by atoms with Gasteiger partial charge in [-0.3, -0.25) is 0 Å². The molecule has 1 unspecified atom stereocenters. The summed E-state index contributed by atoms with van der Waals surface area (Å²) in [4.78, 5) is 8.83. The van der Waals surface area contributed by atoms with Gasteiger partial charge < -0.3 is 15.4 Å². The van der Waals surface area contributed by atoms with Crippen LogP contribution in [0.15, 0.2) is 18.3 Å². The smallest absolute Gasteiger partial charge is 0.157 e. The van der Waals surface area contributed by atoms with Crippen molar-refractivity contribution in [3.05, 3.63) is 35.4 Å². The number of aromatic nitrogens is 4. The fraction of sp³-hybridized carbons (Fsp3) is 0.429. The van der Waals surface area contributed by atoms with Crippen LogP contribution < -0.4 is 15.4 Å². The maximum absolute atomic E-state index is 14.9. The Morgan fingerprint density at radius 3 is 2.83 bits per heavy atom. The van der Waals surface area contributed by atoms with Crippen molar-refractivity contribution in [1.29, 1.82) is 5.26 Å². The van der Waals surface area contributed by atoms with Crippen molar-refractivity contribution in [3.8, 4) is 23.2 Å². The van der Waals surface area contributed by atoms with E-state index in [1.165, 1.54) is 6.07 Å². The lowest BCUT2D eigenvalue weighted by atomic mass is 10.1. The Hall–Kier alpha value is -3.25. The molecule has 0 aromatic carbocycles. The van der Waals surface area contributed by atoms with Gasteiger partial charge in [0.1, 0.15) is 34.7 Å². The van der Waals surface area contributed by atoms with Crippen LogP contribution in [-0.4, -0.2) is 46.3 Å². The summed E-state index contributed by atoms with van der Waals surface area (Å²) in [6, 6.07) is 5.10. The molecule has 0 spiro atoms. The number of halogens is 1. The Labute approximate surface area is 174 Å². The summed E-state index contributed by atoms with van der Waals surface area (Å²) in [5.74, 6) is 0.797. The summed E-state index contributed by atoms with van der Waals surface area (Å²) < 4.78 is 22.0. The Kier molecular flexibility index (Phi) is 5.50. The second-order valence-corrected chi connectivity index (χ2v) is 7.42. The van der Waals surface area contributed by atoms with Gasteiger partial charge in [0, 0.05) is 24.6 Å². The van der Waals surface area contributed by atoms with Crippen LogP contribution in [0.3, 0.4) is 0 Å². The highest BCUT2D eigenvalue weighted by molar-refractivity contribution is 5.66. The van der Waals surface area contributed by atoms with Crippen molar-refractivity contribution in [2.75, 3.05) is 26.0 Å². The number of imidazole rings is 1. The molecule has 1 fully saturated rings. The van der Waals surface area contributed by atoms with Crippen LogP contribution in [0.1, 0.15) is 43.4 Å². The van der Waals surface area contributed by atoms with Crippen LogP contribution in [-0.2, 0) is 0 Å². The highest BCUT2D eigenvalue weighted by Crippen LogP contribution is 2.43. The van der Waals surface area contributed by atoms with Crippen molar-refractivity contribution in [2.24, 2.45) is 0 Å². The molecule has 4 rings (SSSR count). The highest BCUT2D eigenvalue weighted by Gasteiger charge is 2.30. The molecular weight excluding hydrogens is 385 g/mol. The molecule has 1 atom stereocenters. The largest absolute Gasteiger partial charge is 0.495 e. The number of hydrogen-bond acceptors (Lipinski definition) is 7. The fourth-order valence-corrected chi connectivity index (χ4v) is 3.48. The van der Waals surface area contributed by atoms with E-state index in [-0.39, 0.29) is 17.3 Å². The summed E-state index contributed by atoms with van der Waals surface area (Å²) in [7, 11) is 3.47. The summed E-state index contributed by atoms with van der Waals surface area (Å²) in [5.41, 5.74) is 2.08. The van der Waals surface area contributed by atoms with Gasteiger partial charge in [-0.05, 0) is 32.4 Å². The van der Waals surface area contributed by atoms with Gasteiger partial charge >= 0.3 is 0 Å². The summed E-state index contributed by atoms with van der Waals surface area (Å²) in [5, 5.41) is 20.5. The minimum absolute atomic E-state index is 0.0546. The van der Waals surface area contributed by atoms with E-state index in [0.717, 1.165) is 25.0 Å². The first-order valence-electron chi connectivity index (χ1n) is 10.0. The molecule has 9 heteroatoms. The maximum Gasteiger partial charge on any atom is 0.157 e. The SMILES string of the molecule is CCC(CNC)Nc1nc(-c2cnc3cc(OC)c(C4CC4)nn23)c(F)cc1C#N. The summed E-state index contributed by atoms with van der Waals surface area (Å²) in [6.45, 7) is 2.73. The summed E-state index contributed by atoms with van der Waals surface area (Å²) >= 11 is 0. The third-order valence-electron chi connectivity index (χ3n) is 5.29. The first kappa shape index (κ1) is 20.0. The van der Waals surface area contributed by atoms with E-state index < -0.39 is 5.82 Å². The van der Waals surface area contributed by atoms with Crippen LogP contribution in [0, 0.1) is 17.1 Å². The third-order valence-corrected chi connectivity index (χ3v) is 5.29. The number of ether oxygens (including phenoxy) is 1. The number of nitrogens with one attached hydrogen (secondary N) is 2. The van der Waals surface area contributed by atoms with Crippen molar-refractivity contribution in [3.63, 3.8) is 0 Å². The molecular formula is C21H24FN7O. The lowest BCUT2D eigenvalue weighted by Gasteiger charge is -2.18. The molecule has 1 saturated carbocycles. The Balaban J connectivity index is 1.82. The minimum atomic E-state index is -0.592. The zero-order chi connectivity index (χ0) is 21.3. The number of nitrogens with zero attached hydrogens (tertiary/aromatic N) is 5. The van der Waals surface area contributed by atoms with Gasteiger partial charge in [-0.2, -0.15) is 10.4 Å². The molecule has 156 valence electrons. The molecule has 0 bridgehead atoms. The second kappa shape index (κ2) is 8.24. The van der Waals surface area contributed by atoms with Crippen LogP contribution in [0.25, 0.3) is 17.0 Å². The van der Waals surface area contributed by atoms with Crippen molar-refractivity contribution >= 4 is 11.5 Å². The Bertz CT molecular complexity index is 1120. The average Bonchev–Trinajstić information content (AvgIpc) is 3.53.